The van der Waals surface area contributed by atoms with Gasteiger partial charge >= 0.3 is 0 Å². The van der Waals surface area contributed by atoms with Gasteiger partial charge in [0, 0.05) is 35.3 Å². The van der Waals surface area contributed by atoms with Crippen molar-refractivity contribution in [1.29, 1.82) is 0 Å². The summed E-state index contributed by atoms with van der Waals surface area (Å²) < 4.78 is 11.0. The molecule has 0 saturated carbocycles. The van der Waals surface area contributed by atoms with Crippen molar-refractivity contribution in [2.45, 2.75) is 38.5 Å². The summed E-state index contributed by atoms with van der Waals surface area (Å²) in [6.45, 7) is 3.96. The molecule has 1 fully saturated rings. The van der Waals surface area contributed by atoms with Crippen molar-refractivity contribution in [3.63, 3.8) is 0 Å². The van der Waals surface area contributed by atoms with Gasteiger partial charge in [-0.05, 0) is 38.6 Å². The number of rotatable bonds is 4. The summed E-state index contributed by atoms with van der Waals surface area (Å²) in [6.07, 6.45) is 3.90. The lowest BCUT2D eigenvalue weighted by atomic mass is 10.0. The second-order valence-corrected chi connectivity index (χ2v) is 6.44. The lowest BCUT2D eigenvalue weighted by Gasteiger charge is -2.29. The minimum absolute atomic E-state index is 0.329. The van der Waals surface area contributed by atoms with Gasteiger partial charge in [0.2, 0.25) is 0 Å². The van der Waals surface area contributed by atoms with Crippen molar-refractivity contribution >= 4 is 11.6 Å². The number of hydrogen-bond donors (Lipinski definition) is 1. The molecule has 2 heterocycles. The number of fused-ring (bicyclic) bond motifs is 1. The molecule has 1 aromatic rings. The highest BCUT2D eigenvalue weighted by Crippen LogP contribution is 2.32. The molecule has 2 aliphatic heterocycles. The highest BCUT2D eigenvalue weighted by Gasteiger charge is 2.19. The number of hydrogen-bond acceptors (Lipinski definition) is 4. The van der Waals surface area contributed by atoms with Crippen molar-refractivity contribution in [2.75, 3.05) is 26.9 Å². The molecule has 1 unspecified atom stereocenters. The smallest absolute Gasteiger partial charge is 0.189 e. The minimum Gasteiger partial charge on any atom is -0.467 e. The van der Waals surface area contributed by atoms with E-state index in [0.29, 0.717) is 19.4 Å². The standard InChI is InChI=1S/C16H23ClN2O2/c1-19(9-15-4-2-3-5-18-15)8-12-6-14(17)7-13-10-20-11-21-16(12)13/h6-7,15,18H,2-5,8-11H2,1H3. The summed E-state index contributed by atoms with van der Waals surface area (Å²) >= 11 is 6.22. The average molecular weight is 311 g/mol. The van der Waals surface area contributed by atoms with Crippen LogP contribution in [-0.2, 0) is 17.9 Å². The third-order valence-corrected chi connectivity index (χ3v) is 4.35. The molecular formula is C16H23ClN2O2. The molecule has 1 saturated heterocycles. The first-order chi connectivity index (χ1) is 10.2. The Balaban J connectivity index is 1.67. The first kappa shape index (κ1) is 15.1. The molecule has 1 N–H and O–H groups in total. The van der Waals surface area contributed by atoms with Gasteiger partial charge < -0.3 is 19.7 Å². The molecule has 0 radical (unpaired) electrons. The van der Waals surface area contributed by atoms with E-state index in [0.717, 1.165) is 41.5 Å². The van der Waals surface area contributed by atoms with E-state index in [1.807, 2.05) is 12.1 Å². The second-order valence-electron chi connectivity index (χ2n) is 6.01. The molecule has 4 nitrogen and oxygen atoms in total. The average Bonchev–Trinajstić information content (AvgIpc) is 2.48. The van der Waals surface area contributed by atoms with Crippen molar-refractivity contribution < 1.29 is 9.47 Å². The Morgan fingerprint density at radius 2 is 2.29 bits per heavy atom. The first-order valence-electron chi connectivity index (χ1n) is 7.66. The maximum atomic E-state index is 6.22. The molecule has 1 atom stereocenters. The van der Waals surface area contributed by atoms with Gasteiger partial charge in [0.15, 0.2) is 6.79 Å². The Morgan fingerprint density at radius 3 is 3.10 bits per heavy atom. The summed E-state index contributed by atoms with van der Waals surface area (Å²) in [5, 5.41) is 4.34. The van der Waals surface area contributed by atoms with Gasteiger partial charge in [0.1, 0.15) is 5.75 Å². The first-order valence-corrected chi connectivity index (χ1v) is 8.04. The van der Waals surface area contributed by atoms with E-state index >= 15 is 0 Å². The van der Waals surface area contributed by atoms with Gasteiger partial charge in [-0.1, -0.05) is 18.0 Å². The van der Waals surface area contributed by atoms with E-state index in [2.05, 4.69) is 17.3 Å². The summed E-state index contributed by atoms with van der Waals surface area (Å²) in [7, 11) is 2.16. The van der Waals surface area contributed by atoms with Crippen LogP contribution >= 0.6 is 11.6 Å². The molecule has 5 heteroatoms. The Labute approximate surface area is 131 Å². The largest absolute Gasteiger partial charge is 0.467 e. The minimum atomic E-state index is 0.329. The van der Waals surface area contributed by atoms with Crippen LogP contribution in [0.3, 0.4) is 0 Å². The van der Waals surface area contributed by atoms with Crippen LogP contribution in [0.15, 0.2) is 12.1 Å². The monoisotopic (exact) mass is 310 g/mol. The van der Waals surface area contributed by atoms with Gasteiger partial charge in [-0.25, -0.2) is 0 Å². The molecule has 116 valence electrons. The summed E-state index contributed by atoms with van der Waals surface area (Å²) in [4.78, 5) is 2.34. The molecule has 1 aromatic carbocycles. The lowest BCUT2D eigenvalue weighted by Crippen LogP contribution is -2.42. The SMILES string of the molecule is CN(Cc1cc(Cl)cc2c1OCOC2)CC1CCCCN1. The highest BCUT2D eigenvalue weighted by atomic mass is 35.5. The molecule has 21 heavy (non-hydrogen) atoms. The summed E-state index contributed by atoms with van der Waals surface area (Å²) in [6, 6.07) is 4.54. The fourth-order valence-electron chi connectivity index (χ4n) is 3.19. The molecule has 0 aromatic heterocycles. The zero-order chi connectivity index (χ0) is 14.7. The predicted molar refractivity (Wildman–Crippen MR) is 83.7 cm³/mol. The van der Waals surface area contributed by atoms with E-state index in [4.69, 9.17) is 21.1 Å². The van der Waals surface area contributed by atoms with E-state index in [9.17, 15) is 0 Å². The molecule has 0 bridgehead atoms. The molecule has 0 amide bonds. The lowest BCUT2D eigenvalue weighted by molar-refractivity contribution is -0.0174. The molecule has 0 aliphatic carbocycles. The number of ether oxygens (including phenoxy) is 2. The topological polar surface area (TPSA) is 33.7 Å². The number of halogens is 1. The molecular weight excluding hydrogens is 288 g/mol. The summed E-state index contributed by atoms with van der Waals surface area (Å²) in [5.74, 6) is 0.953. The maximum absolute atomic E-state index is 6.22. The Bertz CT molecular complexity index is 489. The number of piperidine rings is 1. The predicted octanol–water partition coefficient (Wildman–Crippen LogP) is 2.78. The van der Waals surface area contributed by atoms with Gasteiger partial charge in [-0.15, -0.1) is 0 Å². The zero-order valence-electron chi connectivity index (χ0n) is 12.5. The Hall–Kier alpha value is -0.810. The van der Waals surface area contributed by atoms with Gasteiger partial charge in [0.05, 0.1) is 6.61 Å². The third-order valence-electron chi connectivity index (χ3n) is 4.14. The molecule has 3 rings (SSSR count). The summed E-state index contributed by atoms with van der Waals surface area (Å²) in [5.41, 5.74) is 2.20. The van der Waals surface area contributed by atoms with Crippen molar-refractivity contribution in [2.24, 2.45) is 0 Å². The zero-order valence-corrected chi connectivity index (χ0v) is 13.3. The Kier molecular flexibility index (Phi) is 5.01. The molecule has 0 spiro atoms. The number of nitrogens with zero attached hydrogens (tertiary/aromatic N) is 1. The van der Waals surface area contributed by atoms with Gasteiger partial charge in [-0.2, -0.15) is 0 Å². The van der Waals surface area contributed by atoms with Crippen LogP contribution < -0.4 is 10.1 Å². The van der Waals surface area contributed by atoms with Gasteiger partial charge in [-0.3, -0.25) is 0 Å². The van der Waals surface area contributed by atoms with Crippen LogP contribution in [0.4, 0.5) is 0 Å². The fourth-order valence-corrected chi connectivity index (χ4v) is 3.45. The van der Waals surface area contributed by atoms with Crippen LogP contribution in [0.25, 0.3) is 0 Å². The second kappa shape index (κ2) is 6.97. The van der Waals surface area contributed by atoms with Crippen LogP contribution in [0, 0.1) is 0 Å². The third kappa shape index (κ3) is 3.89. The molecule has 2 aliphatic rings. The highest BCUT2D eigenvalue weighted by molar-refractivity contribution is 6.30. The quantitative estimate of drug-likeness (QED) is 0.927. The number of benzene rings is 1. The van der Waals surface area contributed by atoms with E-state index in [-0.39, 0.29) is 0 Å². The van der Waals surface area contributed by atoms with Crippen molar-refractivity contribution in [1.82, 2.24) is 10.2 Å². The van der Waals surface area contributed by atoms with Crippen LogP contribution in [-0.4, -0.2) is 37.9 Å². The van der Waals surface area contributed by atoms with E-state index in [1.165, 1.54) is 19.3 Å². The van der Waals surface area contributed by atoms with Crippen molar-refractivity contribution in [3.8, 4) is 5.75 Å². The van der Waals surface area contributed by atoms with Crippen LogP contribution in [0.2, 0.25) is 5.02 Å². The number of nitrogens with one attached hydrogen (secondary N) is 1. The van der Waals surface area contributed by atoms with E-state index < -0.39 is 0 Å². The fraction of sp³-hybridized carbons (Fsp3) is 0.625. The van der Waals surface area contributed by atoms with Crippen LogP contribution in [0.1, 0.15) is 30.4 Å². The Morgan fingerprint density at radius 1 is 1.38 bits per heavy atom. The van der Waals surface area contributed by atoms with E-state index in [1.54, 1.807) is 0 Å². The maximum Gasteiger partial charge on any atom is 0.189 e. The number of likely N-dealkylation sites (N-methyl/N-ethyl adjacent to an activating group) is 1. The van der Waals surface area contributed by atoms with Crippen LogP contribution in [0.5, 0.6) is 5.75 Å². The van der Waals surface area contributed by atoms with Gasteiger partial charge in [0.25, 0.3) is 0 Å². The van der Waals surface area contributed by atoms with Crippen molar-refractivity contribution in [3.05, 3.63) is 28.3 Å². The normalized spacial score (nSPS) is 22.0.